The molecular formula is C12H15N3O2. The van der Waals surface area contributed by atoms with Gasteiger partial charge in [-0.2, -0.15) is 4.98 Å². The molecule has 3 rings (SSSR count). The third-order valence-corrected chi connectivity index (χ3v) is 3.08. The van der Waals surface area contributed by atoms with Crippen molar-refractivity contribution in [3.63, 3.8) is 0 Å². The van der Waals surface area contributed by atoms with Gasteiger partial charge in [0.2, 0.25) is 5.89 Å². The van der Waals surface area contributed by atoms with E-state index >= 15 is 0 Å². The summed E-state index contributed by atoms with van der Waals surface area (Å²) in [4.78, 5) is 4.15. The summed E-state index contributed by atoms with van der Waals surface area (Å²) < 4.78 is 6.88. The van der Waals surface area contributed by atoms with E-state index in [-0.39, 0.29) is 6.10 Å². The lowest BCUT2D eigenvalue weighted by Gasteiger charge is -2.05. The van der Waals surface area contributed by atoms with E-state index in [9.17, 15) is 5.11 Å². The molecule has 5 nitrogen and oxygen atoms in total. The van der Waals surface area contributed by atoms with Gasteiger partial charge in [-0.05, 0) is 30.4 Å². The Morgan fingerprint density at radius 3 is 3.06 bits per heavy atom. The number of aromatic nitrogens is 3. The molecule has 1 aliphatic carbocycles. The number of aryl methyl sites for hydroxylation is 1. The molecule has 1 atom stereocenters. The van der Waals surface area contributed by atoms with Crippen LogP contribution in [0.1, 0.15) is 36.2 Å². The third-order valence-electron chi connectivity index (χ3n) is 3.08. The van der Waals surface area contributed by atoms with Gasteiger partial charge in [-0.1, -0.05) is 5.16 Å². The first-order chi connectivity index (χ1) is 8.22. The van der Waals surface area contributed by atoms with Gasteiger partial charge in [-0.15, -0.1) is 0 Å². The van der Waals surface area contributed by atoms with Crippen LogP contribution in [-0.4, -0.2) is 19.8 Å². The third kappa shape index (κ3) is 2.24. The van der Waals surface area contributed by atoms with Crippen molar-refractivity contribution >= 4 is 0 Å². The van der Waals surface area contributed by atoms with Crippen LogP contribution in [0.25, 0.3) is 0 Å². The van der Waals surface area contributed by atoms with E-state index in [1.807, 2.05) is 23.0 Å². The average molecular weight is 233 g/mol. The van der Waals surface area contributed by atoms with E-state index in [4.69, 9.17) is 4.52 Å². The maximum Gasteiger partial charge on any atom is 0.223 e. The van der Waals surface area contributed by atoms with E-state index in [0.717, 1.165) is 18.4 Å². The van der Waals surface area contributed by atoms with Gasteiger partial charge in [0, 0.05) is 19.3 Å². The van der Waals surface area contributed by atoms with E-state index in [0.29, 0.717) is 24.2 Å². The number of hydrogen-bond acceptors (Lipinski definition) is 4. The standard InChI is InChI=1S/C12H15N3O2/c1-8-13-11(14-17-8)7-15-5-4-10(6-15)12(16)9-2-3-9/h4-6,9,12,16H,2-3,7H2,1H3. The summed E-state index contributed by atoms with van der Waals surface area (Å²) in [5.41, 5.74) is 0.979. The molecule has 2 aromatic rings. The molecule has 0 amide bonds. The van der Waals surface area contributed by atoms with Crippen LogP contribution in [0.2, 0.25) is 0 Å². The first-order valence-electron chi connectivity index (χ1n) is 5.85. The van der Waals surface area contributed by atoms with Crippen LogP contribution in [0.15, 0.2) is 23.0 Å². The summed E-state index contributed by atoms with van der Waals surface area (Å²) in [6.07, 6.45) is 5.84. The number of hydrogen-bond donors (Lipinski definition) is 1. The molecule has 90 valence electrons. The second kappa shape index (κ2) is 4.00. The molecule has 0 aliphatic heterocycles. The fourth-order valence-electron chi connectivity index (χ4n) is 1.99. The minimum Gasteiger partial charge on any atom is -0.388 e. The summed E-state index contributed by atoms with van der Waals surface area (Å²) >= 11 is 0. The Morgan fingerprint density at radius 2 is 2.41 bits per heavy atom. The highest BCUT2D eigenvalue weighted by atomic mass is 16.5. The minimum atomic E-state index is -0.316. The Kier molecular flexibility index (Phi) is 2.48. The van der Waals surface area contributed by atoms with Crippen molar-refractivity contribution in [2.45, 2.75) is 32.4 Å². The molecule has 0 bridgehead atoms. The SMILES string of the molecule is Cc1nc(Cn2ccc(C(O)C3CC3)c2)no1. The van der Waals surface area contributed by atoms with E-state index in [1.54, 1.807) is 6.92 Å². The maximum absolute atomic E-state index is 9.98. The lowest BCUT2D eigenvalue weighted by Crippen LogP contribution is -2.00. The first-order valence-corrected chi connectivity index (χ1v) is 5.85. The van der Waals surface area contributed by atoms with E-state index in [2.05, 4.69) is 10.1 Å². The topological polar surface area (TPSA) is 64.1 Å². The Bertz CT molecular complexity index is 513. The van der Waals surface area contributed by atoms with Crippen molar-refractivity contribution in [2.75, 3.05) is 0 Å². The predicted molar refractivity (Wildman–Crippen MR) is 60.3 cm³/mol. The van der Waals surface area contributed by atoms with E-state index < -0.39 is 0 Å². The van der Waals surface area contributed by atoms with Crippen LogP contribution in [0, 0.1) is 12.8 Å². The predicted octanol–water partition coefficient (Wildman–Crippen LogP) is 1.67. The Morgan fingerprint density at radius 1 is 1.59 bits per heavy atom. The fourth-order valence-corrected chi connectivity index (χ4v) is 1.99. The van der Waals surface area contributed by atoms with Gasteiger partial charge in [0.25, 0.3) is 0 Å². The normalized spacial score (nSPS) is 17.3. The molecule has 0 saturated heterocycles. The van der Waals surface area contributed by atoms with Crippen molar-refractivity contribution in [3.8, 4) is 0 Å². The first kappa shape index (κ1) is 10.5. The van der Waals surface area contributed by atoms with Crippen LogP contribution >= 0.6 is 0 Å². The van der Waals surface area contributed by atoms with Crippen LogP contribution in [0.5, 0.6) is 0 Å². The molecule has 5 heteroatoms. The Hall–Kier alpha value is -1.62. The van der Waals surface area contributed by atoms with Crippen molar-refractivity contribution in [1.29, 1.82) is 0 Å². The fraction of sp³-hybridized carbons (Fsp3) is 0.500. The molecule has 1 N–H and O–H groups in total. The van der Waals surface area contributed by atoms with Gasteiger partial charge in [0.05, 0.1) is 12.6 Å². The van der Waals surface area contributed by atoms with Crippen LogP contribution in [0.3, 0.4) is 0 Å². The van der Waals surface area contributed by atoms with Gasteiger partial charge >= 0.3 is 0 Å². The zero-order chi connectivity index (χ0) is 11.8. The molecule has 2 aromatic heterocycles. The lowest BCUT2D eigenvalue weighted by atomic mass is 10.1. The molecule has 1 fully saturated rings. The quantitative estimate of drug-likeness (QED) is 0.872. The Balaban J connectivity index is 1.71. The van der Waals surface area contributed by atoms with Gasteiger partial charge in [0.15, 0.2) is 5.82 Å². The average Bonchev–Trinajstić information content (AvgIpc) is 2.93. The van der Waals surface area contributed by atoms with E-state index in [1.165, 1.54) is 0 Å². The van der Waals surface area contributed by atoms with Gasteiger partial charge < -0.3 is 14.2 Å². The smallest absolute Gasteiger partial charge is 0.223 e. The summed E-state index contributed by atoms with van der Waals surface area (Å²) in [5, 5.41) is 13.8. The van der Waals surface area contributed by atoms with Gasteiger partial charge in [0.1, 0.15) is 0 Å². The highest BCUT2D eigenvalue weighted by molar-refractivity contribution is 5.16. The van der Waals surface area contributed by atoms with Crippen LogP contribution in [-0.2, 0) is 6.54 Å². The number of aliphatic hydroxyl groups is 1. The molecule has 17 heavy (non-hydrogen) atoms. The highest BCUT2D eigenvalue weighted by Gasteiger charge is 2.31. The van der Waals surface area contributed by atoms with Gasteiger partial charge in [-0.3, -0.25) is 0 Å². The van der Waals surface area contributed by atoms with Crippen molar-refractivity contribution < 1.29 is 9.63 Å². The molecule has 0 spiro atoms. The zero-order valence-electron chi connectivity index (χ0n) is 9.71. The van der Waals surface area contributed by atoms with Crippen molar-refractivity contribution in [2.24, 2.45) is 5.92 Å². The second-order valence-electron chi connectivity index (χ2n) is 4.63. The van der Waals surface area contributed by atoms with Gasteiger partial charge in [-0.25, -0.2) is 0 Å². The summed E-state index contributed by atoms with van der Waals surface area (Å²) in [7, 11) is 0. The lowest BCUT2D eigenvalue weighted by molar-refractivity contribution is 0.154. The number of nitrogens with zero attached hydrogens (tertiary/aromatic N) is 3. The maximum atomic E-state index is 9.98. The van der Waals surface area contributed by atoms with Crippen molar-refractivity contribution in [3.05, 3.63) is 35.7 Å². The second-order valence-corrected chi connectivity index (χ2v) is 4.63. The minimum absolute atomic E-state index is 0.316. The number of rotatable bonds is 4. The molecule has 1 saturated carbocycles. The molecule has 0 radical (unpaired) electrons. The molecule has 2 heterocycles. The van der Waals surface area contributed by atoms with Crippen molar-refractivity contribution in [1.82, 2.24) is 14.7 Å². The molecule has 1 unspecified atom stereocenters. The molecular weight excluding hydrogens is 218 g/mol. The van der Waals surface area contributed by atoms with Crippen LogP contribution in [0.4, 0.5) is 0 Å². The Labute approximate surface area is 99.1 Å². The molecule has 0 aromatic carbocycles. The zero-order valence-corrected chi connectivity index (χ0v) is 9.71. The summed E-state index contributed by atoms with van der Waals surface area (Å²) in [6.45, 7) is 2.35. The summed E-state index contributed by atoms with van der Waals surface area (Å²) in [5.74, 6) is 1.69. The number of aliphatic hydroxyl groups excluding tert-OH is 1. The molecule has 1 aliphatic rings. The largest absolute Gasteiger partial charge is 0.388 e. The highest BCUT2D eigenvalue weighted by Crippen LogP contribution is 2.40. The van der Waals surface area contributed by atoms with Crippen LogP contribution < -0.4 is 0 Å². The monoisotopic (exact) mass is 233 g/mol. The summed E-state index contributed by atoms with van der Waals surface area (Å²) in [6, 6.07) is 1.95.